The summed E-state index contributed by atoms with van der Waals surface area (Å²) < 4.78 is 5.38. The van der Waals surface area contributed by atoms with Crippen LogP contribution in [0.1, 0.15) is 18.1 Å². The molecule has 0 aliphatic rings. The van der Waals surface area contributed by atoms with Crippen molar-refractivity contribution in [3.05, 3.63) is 63.6 Å². The number of hydrogen-bond donors (Lipinski definition) is 1. The number of amides is 1. The van der Waals surface area contributed by atoms with E-state index >= 15 is 0 Å². The van der Waals surface area contributed by atoms with Crippen LogP contribution < -0.4 is 10.2 Å². The largest absolute Gasteiger partial charge is 0.484 e. The highest BCUT2D eigenvalue weighted by Crippen LogP contribution is 2.19. The minimum Gasteiger partial charge on any atom is -0.484 e. The van der Waals surface area contributed by atoms with Gasteiger partial charge in [0, 0.05) is 10.6 Å². The van der Waals surface area contributed by atoms with E-state index in [9.17, 15) is 4.79 Å². The van der Waals surface area contributed by atoms with Crippen LogP contribution in [0, 0.1) is 0 Å². The number of halogens is 2. The number of nitrogens with zero attached hydrogens (tertiary/aromatic N) is 1. The van der Waals surface area contributed by atoms with Crippen LogP contribution in [0.5, 0.6) is 5.75 Å². The first-order valence-corrected chi connectivity index (χ1v) is 7.82. The number of benzene rings is 2. The second kappa shape index (κ2) is 8.56. The Balaban J connectivity index is 1.81. The third-order valence-electron chi connectivity index (χ3n) is 3.06. The molecule has 1 amide bonds. The molecule has 120 valence electrons. The van der Waals surface area contributed by atoms with E-state index in [1.165, 1.54) is 11.8 Å². The molecule has 0 unspecified atom stereocenters. The zero-order valence-corrected chi connectivity index (χ0v) is 14.1. The summed E-state index contributed by atoms with van der Waals surface area (Å²) in [5, 5.41) is 4.84. The molecule has 2 rings (SSSR count). The zero-order chi connectivity index (χ0) is 16.7. The van der Waals surface area contributed by atoms with Gasteiger partial charge < -0.3 is 4.74 Å². The lowest BCUT2D eigenvalue weighted by Crippen LogP contribution is -2.24. The molecule has 0 bridgehead atoms. The minimum atomic E-state index is -0.356. The highest BCUT2D eigenvalue weighted by Gasteiger charge is 2.02. The van der Waals surface area contributed by atoms with Gasteiger partial charge in [-0.25, -0.2) is 5.43 Å². The lowest BCUT2D eigenvalue weighted by molar-refractivity contribution is -0.123. The molecule has 23 heavy (non-hydrogen) atoms. The summed E-state index contributed by atoms with van der Waals surface area (Å²) in [6.07, 6.45) is 2.41. The Hall–Kier alpha value is -2.04. The normalized spacial score (nSPS) is 10.7. The molecule has 4 nitrogen and oxygen atoms in total. The number of hydrazone groups is 1. The molecule has 0 spiro atoms. The Morgan fingerprint density at radius 2 is 1.96 bits per heavy atom. The van der Waals surface area contributed by atoms with Crippen molar-refractivity contribution in [2.24, 2.45) is 5.10 Å². The molecule has 0 radical (unpaired) electrons. The van der Waals surface area contributed by atoms with Crippen LogP contribution in [0.2, 0.25) is 10.0 Å². The van der Waals surface area contributed by atoms with Gasteiger partial charge in [0.05, 0.1) is 11.2 Å². The fourth-order valence-electron chi connectivity index (χ4n) is 1.78. The van der Waals surface area contributed by atoms with Crippen molar-refractivity contribution < 1.29 is 9.53 Å². The number of aryl methyl sites for hydroxylation is 1. The van der Waals surface area contributed by atoms with Crippen molar-refractivity contribution in [2.45, 2.75) is 13.3 Å². The van der Waals surface area contributed by atoms with E-state index in [1.807, 2.05) is 24.3 Å². The maximum absolute atomic E-state index is 11.7. The molecule has 6 heteroatoms. The van der Waals surface area contributed by atoms with Crippen molar-refractivity contribution in [2.75, 3.05) is 6.61 Å². The molecule has 1 N–H and O–H groups in total. The van der Waals surface area contributed by atoms with Gasteiger partial charge in [0.1, 0.15) is 5.75 Å². The van der Waals surface area contributed by atoms with Crippen molar-refractivity contribution in [1.29, 1.82) is 0 Å². The highest BCUT2D eigenvalue weighted by molar-refractivity contribution is 6.36. The molecule has 0 aliphatic heterocycles. The Morgan fingerprint density at radius 1 is 1.22 bits per heavy atom. The number of carbonyl (C=O) groups excluding carboxylic acids is 1. The Bertz CT molecular complexity index is 700. The molecule has 0 aromatic heterocycles. The number of carbonyl (C=O) groups is 1. The van der Waals surface area contributed by atoms with Crippen LogP contribution in [0.3, 0.4) is 0 Å². The number of nitrogens with one attached hydrogen (secondary N) is 1. The second-order valence-corrected chi connectivity index (χ2v) is 5.59. The Labute approximate surface area is 145 Å². The first-order chi connectivity index (χ1) is 11.1. The smallest absolute Gasteiger partial charge is 0.277 e. The lowest BCUT2D eigenvalue weighted by Gasteiger charge is -2.05. The van der Waals surface area contributed by atoms with E-state index in [0.717, 1.165) is 6.42 Å². The topological polar surface area (TPSA) is 50.7 Å². The van der Waals surface area contributed by atoms with Crippen LogP contribution in [0.25, 0.3) is 0 Å². The van der Waals surface area contributed by atoms with E-state index in [0.29, 0.717) is 21.4 Å². The van der Waals surface area contributed by atoms with Gasteiger partial charge in [0.25, 0.3) is 5.91 Å². The molecular formula is C17H16Cl2N2O2. The van der Waals surface area contributed by atoms with Gasteiger partial charge in [-0.3, -0.25) is 4.79 Å². The quantitative estimate of drug-likeness (QED) is 0.630. The third-order valence-corrected chi connectivity index (χ3v) is 3.62. The second-order valence-electron chi connectivity index (χ2n) is 4.75. The highest BCUT2D eigenvalue weighted by atomic mass is 35.5. The first-order valence-electron chi connectivity index (χ1n) is 7.07. The van der Waals surface area contributed by atoms with Crippen LogP contribution in [0.4, 0.5) is 0 Å². The van der Waals surface area contributed by atoms with Crippen LogP contribution in [0.15, 0.2) is 47.6 Å². The van der Waals surface area contributed by atoms with E-state index in [4.69, 9.17) is 27.9 Å². The maximum Gasteiger partial charge on any atom is 0.277 e. The van der Waals surface area contributed by atoms with Crippen LogP contribution >= 0.6 is 23.2 Å². The summed E-state index contributed by atoms with van der Waals surface area (Å²) in [6.45, 7) is 1.96. The van der Waals surface area contributed by atoms with Crippen LogP contribution in [-0.2, 0) is 11.2 Å². The summed E-state index contributed by atoms with van der Waals surface area (Å²) in [4.78, 5) is 11.7. The van der Waals surface area contributed by atoms with E-state index < -0.39 is 0 Å². The fourth-order valence-corrected chi connectivity index (χ4v) is 2.24. The molecule has 0 heterocycles. The average Bonchev–Trinajstić information content (AvgIpc) is 2.55. The SMILES string of the molecule is CCc1ccc(OCC(=O)NN=Cc2ccc(Cl)cc2Cl)cc1. The van der Waals surface area contributed by atoms with Crippen molar-refractivity contribution in [1.82, 2.24) is 5.43 Å². The number of ether oxygens (including phenoxy) is 1. The molecular weight excluding hydrogens is 335 g/mol. The number of hydrogen-bond acceptors (Lipinski definition) is 3. The van der Waals surface area contributed by atoms with Gasteiger partial charge in [0.15, 0.2) is 6.61 Å². The van der Waals surface area contributed by atoms with Crippen LogP contribution in [-0.4, -0.2) is 18.7 Å². The number of rotatable bonds is 6. The first kappa shape index (κ1) is 17.3. The predicted octanol–water partition coefficient (Wildman–Crippen LogP) is 4.08. The van der Waals surface area contributed by atoms with E-state index in [1.54, 1.807) is 18.2 Å². The molecule has 0 saturated carbocycles. The Morgan fingerprint density at radius 3 is 2.61 bits per heavy atom. The monoisotopic (exact) mass is 350 g/mol. The Kier molecular flexibility index (Phi) is 6.44. The van der Waals surface area contributed by atoms with Crippen molar-refractivity contribution in [3.63, 3.8) is 0 Å². The fraction of sp³-hybridized carbons (Fsp3) is 0.176. The lowest BCUT2D eigenvalue weighted by atomic mass is 10.2. The summed E-state index contributed by atoms with van der Waals surface area (Å²) in [5.41, 5.74) is 4.25. The molecule has 0 fully saturated rings. The van der Waals surface area contributed by atoms with Gasteiger partial charge >= 0.3 is 0 Å². The van der Waals surface area contributed by atoms with Gasteiger partial charge in [-0.05, 0) is 36.2 Å². The minimum absolute atomic E-state index is 0.114. The molecule has 2 aromatic carbocycles. The molecule has 2 aromatic rings. The molecule has 0 atom stereocenters. The van der Waals surface area contributed by atoms with E-state index in [-0.39, 0.29) is 12.5 Å². The summed E-state index contributed by atoms with van der Waals surface area (Å²) in [6, 6.07) is 12.6. The third kappa shape index (κ3) is 5.58. The zero-order valence-electron chi connectivity index (χ0n) is 12.6. The summed E-state index contributed by atoms with van der Waals surface area (Å²) >= 11 is 11.8. The molecule has 0 saturated heterocycles. The standard InChI is InChI=1S/C17H16Cl2N2O2/c1-2-12-3-7-15(8-4-12)23-11-17(22)21-20-10-13-5-6-14(18)9-16(13)19/h3-10H,2,11H2,1H3,(H,21,22). The summed E-state index contributed by atoms with van der Waals surface area (Å²) in [7, 11) is 0. The molecule has 0 aliphatic carbocycles. The predicted molar refractivity (Wildman–Crippen MR) is 93.5 cm³/mol. The van der Waals surface area contributed by atoms with Crippen molar-refractivity contribution in [3.8, 4) is 5.75 Å². The van der Waals surface area contributed by atoms with Crippen molar-refractivity contribution >= 4 is 35.3 Å². The summed E-state index contributed by atoms with van der Waals surface area (Å²) in [5.74, 6) is 0.285. The van der Waals surface area contributed by atoms with Gasteiger partial charge in [-0.1, -0.05) is 48.3 Å². The van der Waals surface area contributed by atoms with E-state index in [2.05, 4.69) is 17.5 Å². The van der Waals surface area contributed by atoms with Gasteiger partial charge in [-0.15, -0.1) is 0 Å². The van der Waals surface area contributed by atoms with Gasteiger partial charge in [0.2, 0.25) is 0 Å². The van der Waals surface area contributed by atoms with Gasteiger partial charge in [-0.2, -0.15) is 5.10 Å². The average molecular weight is 351 g/mol. The maximum atomic E-state index is 11.7.